The highest BCUT2D eigenvalue weighted by molar-refractivity contribution is 5.94. The Kier molecular flexibility index (Phi) is 4.09. The van der Waals surface area contributed by atoms with Crippen molar-refractivity contribution < 1.29 is 14.3 Å². The van der Waals surface area contributed by atoms with Crippen LogP contribution in [-0.2, 0) is 16.0 Å². The van der Waals surface area contributed by atoms with Crippen LogP contribution >= 0.6 is 0 Å². The minimum Gasteiger partial charge on any atom is -0.376 e. The van der Waals surface area contributed by atoms with Crippen molar-refractivity contribution in [3.05, 3.63) is 84.0 Å². The van der Waals surface area contributed by atoms with Gasteiger partial charge in [0, 0.05) is 0 Å². The van der Waals surface area contributed by atoms with Crippen LogP contribution in [0.4, 0.5) is 4.79 Å². The van der Waals surface area contributed by atoms with Gasteiger partial charge in [-0.15, -0.1) is 0 Å². The van der Waals surface area contributed by atoms with Crippen molar-refractivity contribution in [2.45, 2.75) is 12.5 Å². The van der Waals surface area contributed by atoms with E-state index in [9.17, 15) is 14.9 Å². The predicted molar refractivity (Wildman–Crippen MR) is 99.4 cm³/mol. The monoisotopic (exact) mass is 356 g/mol. The fraction of sp³-hybridized carbons (Fsp3) is 0.136. The van der Waals surface area contributed by atoms with Crippen molar-refractivity contribution in [2.24, 2.45) is 5.41 Å². The van der Waals surface area contributed by atoms with Crippen LogP contribution < -0.4 is 5.32 Å². The van der Waals surface area contributed by atoms with Crippen LogP contribution in [0.1, 0.15) is 11.1 Å². The topological polar surface area (TPSA) is 79.2 Å². The molecule has 27 heavy (non-hydrogen) atoms. The molecule has 132 valence electrons. The molecule has 0 saturated carbocycles. The number of nitriles is 1. The van der Waals surface area contributed by atoms with Crippen molar-refractivity contribution in [3.8, 4) is 17.2 Å². The Hall–Kier alpha value is -3.65. The molecular formula is C22H16N2O3. The van der Waals surface area contributed by atoms with Gasteiger partial charge >= 0.3 is 12.1 Å². The maximum atomic E-state index is 12.5. The average Bonchev–Trinajstić information content (AvgIpc) is 2.69. The molecule has 2 aromatic rings. The molecule has 1 saturated heterocycles. The molecule has 4 rings (SSSR count). The van der Waals surface area contributed by atoms with Gasteiger partial charge in [0.05, 0.1) is 17.7 Å². The van der Waals surface area contributed by atoms with Crippen molar-refractivity contribution in [1.82, 2.24) is 5.32 Å². The number of cyclic esters (lactones) is 2. The van der Waals surface area contributed by atoms with Gasteiger partial charge in [0.2, 0.25) is 0 Å². The molecule has 1 amide bonds. The summed E-state index contributed by atoms with van der Waals surface area (Å²) in [6.45, 7) is 0. The molecule has 0 aromatic heterocycles. The summed E-state index contributed by atoms with van der Waals surface area (Å²) >= 11 is 0. The van der Waals surface area contributed by atoms with Crippen molar-refractivity contribution in [1.29, 1.82) is 5.26 Å². The summed E-state index contributed by atoms with van der Waals surface area (Å²) in [6.07, 6.45) is 6.88. The van der Waals surface area contributed by atoms with E-state index in [0.29, 0.717) is 12.0 Å². The summed E-state index contributed by atoms with van der Waals surface area (Å²) in [5.41, 5.74) is 2.40. The van der Waals surface area contributed by atoms with Gasteiger partial charge in [0.1, 0.15) is 5.41 Å². The first-order chi connectivity index (χ1) is 13.1. The molecule has 2 unspecified atom stereocenters. The summed E-state index contributed by atoms with van der Waals surface area (Å²) in [6, 6.07) is 16.9. The molecule has 1 aliphatic carbocycles. The maximum Gasteiger partial charge on any atom is 0.415 e. The highest BCUT2D eigenvalue weighted by Gasteiger charge is 2.50. The molecule has 2 aromatic carbocycles. The van der Waals surface area contributed by atoms with Crippen LogP contribution in [0.15, 0.2) is 72.8 Å². The molecular weight excluding hydrogens is 340 g/mol. The first-order valence-electron chi connectivity index (χ1n) is 8.60. The number of ether oxygens (including phenoxy) is 1. The number of alkyl carbamates (subject to hydrolysis) is 1. The molecule has 0 radical (unpaired) electrons. The molecule has 5 heteroatoms. The van der Waals surface area contributed by atoms with Gasteiger partial charge in [-0.05, 0) is 29.2 Å². The fourth-order valence-corrected chi connectivity index (χ4v) is 3.60. The van der Waals surface area contributed by atoms with E-state index < -0.39 is 23.5 Å². The Morgan fingerprint density at radius 3 is 2.63 bits per heavy atom. The van der Waals surface area contributed by atoms with E-state index in [1.165, 1.54) is 0 Å². The first-order valence-corrected chi connectivity index (χ1v) is 8.60. The minimum atomic E-state index is -0.950. The molecule has 0 spiro atoms. The second kappa shape index (κ2) is 6.58. The molecule has 5 nitrogen and oxygen atoms in total. The first kappa shape index (κ1) is 16.8. The third kappa shape index (κ3) is 2.91. The lowest BCUT2D eigenvalue weighted by Crippen LogP contribution is -2.58. The normalized spacial score (nSPS) is 23.1. The van der Waals surface area contributed by atoms with E-state index in [0.717, 1.165) is 16.7 Å². The number of amides is 1. The smallest absolute Gasteiger partial charge is 0.376 e. The number of nitrogens with one attached hydrogen (secondary N) is 1. The van der Waals surface area contributed by atoms with Crippen molar-refractivity contribution >= 4 is 12.1 Å². The highest BCUT2D eigenvalue weighted by atomic mass is 16.6. The number of benzene rings is 2. The van der Waals surface area contributed by atoms with E-state index in [1.807, 2.05) is 48.5 Å². The van der Waals surface area contributed by atoms with Crippen LogP contribution in [-0.4, -0.2) is 18.1 Å². The zero-order valence-electron chi connectivity index (χ0n) is 14.4. The number of nitrogens with zero attached hydrogens (tertiary/aromatic N) is 1. The number of carbonyl (C=O) groups is 2. The summed E-state index contributed by atoms with van der Waals surface area (Å²) in [4.78, 5) is 24.1. The SMILES string of the molecule is N#Cc1ccccc1-c1ccc(CC23C=CC=CC2NC(=O)OC3=O)cc1. The molecule has 0 bridgehead atoms. The van der Waals surface area contributed by atoms with Crippen molar-refractivity contribution in [2.75, 3.05) is 0 Å². The molecule has 2 aliphatic rings. The van der Waals surface area contributed by atoms with Gasteiger partial charge < -0.3 is 10.1 Å². The summed E-state index contributed by atoms with van der Waals surface area (Å²) in [7, 11) is 0. The van der Waals surface area contributed by atoms with Gasteiger partial charge in [-0.25, -0.2) is 4.79 Å². The lowest BCUT2D eigenvalue weighted by molar-refractivity contribution is -0.150. The molecule has 1 aliphatic heterocycles. The van der Waals surface area contributed by atoms with Crippen LogP contribution in [0.3, 0.4) is 0 Å². The van der Waals surface area contributed by atoms with Crippen LogP contribution in [0, 0.1) is 16.7 Å². The number of allylic oxidation sites excluding steroid dienone is 2. The molecule has 1 N–H and O–H groups in total. The number of fused-ring (bicyclic) bond motifs is 1. The van der Waals surface area contributed by atoms with Gasteiger partial charge in [0.25, 0.3) is 0 Å². The molecule has 2 atom stereocenters. The number of carbonyl (C=O) groups excluding carboxylic acids is 2. The van der Waals surface area contributed by atoms with E-state index in [-0.39, 0.29) is 0 Å². The predicted octanol–water partition coefficient (Wildman–Crippen LogP) is 3.52. The lowest BCUT2D eigenvalue weighted by atomic mass is 9.72. The van der Waals surface area contributed by atoms with E-state index in [2.05, 4.69) is 11.4 Å². The number of esters is 1. The third-order valence-corrected chi connectivity index (χ3v) is 5.01. The van der Waals surface area contributed by atoms with Crippen LogP contribution in [0.5, 0.6) is 0 Å². The second-order valence-electron chi connectivity index (χ2n) is 6.61. The van der Waals surface area contributed by atoms with E-state index >= 15 is 0 Å². The number of hydrogen-bond donors (Lipinski definition) is 1. The third-order valence-electron chi connectivity index (χ3n) is 5.01. The van der Waals surface area contributed by atoms with Gasteiger partial charge in [-0.1, -0.05) is 66.8 Å². The van der Waals surface area contributed by atoms with Gasteiger partial charge in [-0.3, -0.25) is 4.79 Å². The highest BCUT2D eigenvalue weighted by Crippen LogP contribution is 2.37. The van der Waals surface area contributed by atoms with Crippen molar-refractivity contribution in [3.63, 3.8) is 0 Å². The van der Waals surface area contributed by atoms with Crippen LogP contribution in [0.2, 0.25) is 0 Å². The number of hydrogen-bond acceptors (Lipinski definition) is 4. The lowest BCUT2D eigenvalue weighted by Gasteiger charge is -2.39. The van der Waals surface area contributed by atoms with Gasteiger partial charge in [-0.2, -0.15) is 5.26 Å². The largest absolute Gasteiger partial charge is 0.415 e. The summed E-state index contributed by atoms with van der Waals surface area (Å²) in [5, 5.41) is 12.0. The molecule has 1 heterocycles. The minimum absolute atomic E-state index is 0.401. The van der Waals surface area contributed by atoms with Crippen LogP contribution in [0.25, 0.3) is 11.1 Å². The Labute approximate surface area is 156 Å². The summed E-state index contributed by atoms with van der Waals surface area (Å²) < 4.78 is 4.84. The number of rotatable bonds is 3. The fourth-order valence-electron chi connectivity index (χ4n) is 3.60. The zero-order valence-corrected chi connectivity index (χ0v) is 14.4. The second-order valence-corrected chi connectivity index (χ2v) is 6.61. The Balaban J connectivity index is 1.64. The Morgan fingerprint density at radius 2 is 1.85 bits per heavy atom. The Morgan fingerprint density at radius 1 is 1.07 bits per heavy atom. The molecule has 1 fully saturated rings. The van der Waals surface area contributed by atoms with E-state index in [1.54, 1.807) is 24.3 Å². The summed E-state index contributed by atoms with van der Waals surface area (Å²) in [5.74, 6) is -0.546. The standard InChI is InChI=1S/C22H16N2O3/c23-14-17-5-1-2-6-18(17)16-10-8-15(9-11-16)13-22-12-4-3-7-19(22)24-21(26)27-20(22)25/h1-12,19H,13H2,(H,24,26). The van der Waals surface area contributed by atoms with Gasteiger partial charge in [0.15, 0.2) is 0 Å². The quantitative estimate of drug-likeness (QED) is 0.674. The average molecular weight is 356 g/mol. The maximum absolute atomic E-state index is 12.5. The Bertz CT molecular complexity index is 1010. The zero-order chi connectivity index (χ0) is 18.9. The van der Waals surface area contributed by atoms with E-state index in [4.69, 9.17) is 4.74 Å².